The first kappa shape index (κ1) is 20.3. The molecule has 0 unspecified atom stereocenters. The van der Waals surface area contributed by atoms with Crippen LogP contribution >= 0.6 is 11.3 Å². The maximum Gasteiger partial charge on any atom is 0.275 e. The van der Waals surface area contributed by atoms with Crippen molar-refractivity contribution in [3.63, 3.8) is 0 Å². The Morgan fingerprint density at radius 3 is 2.87 bits per heavy atom. The van der Waals surface area contributed by atoms with Crippen LogP contribution in [0.2, 0.25) is 0 Å². The average Bonchev–Trinajstić information content (AvgIpc) is 3.39. The largest absolute Gasteiger partial charge is 0.487 e. The van der Waals surface area contributed by atoms with Crippen molar-refractivity contribution in [3.05, 3.63) is 59.4 Å². The number of carbonyl (C=O) groups is 1. The molecule has 1 saturated heterocycles. The summed E-state index contributed by atoms with van der Waals surface area (Å²) in [5, 5.41) is 16.6. The lowest BCUT2D eigenvalue weighted by molar-refractivity contribution is 0.102. The molecule has 3 aromatic rings. The Balaban J connectivity index is 1.49. The van der Waals surface area contributed by atoms with Crippen molar-refractivity contribution in [2.75, 3.05) is 18.5 Å². The summed E-state index contributed by atoms with van der Waals surface area (Å²) in [6.45, 7) is 0.596. The van der Waals surface area contributed by atoms with Crippen molar-refractivity contribution >= 4 is 22.9 Å². The molecule has 2 atom stereocenters. The number of thiazole rings is 1. The third kappa shape index (κ3) is 4.30. The maximum absolute atomic E-state index is 14.0. The number of carbonyl (C=O) groups excluding carboxylic acids is 1. The van der Waals surface area contributed by atoms with Crippen LogP contribution in [0.15, 0.2) is 42.0 Å². The highest BCUT2D eigenvalue weighted by Crippen LogP contribution is 2.30. The summed E-state index contributed by atoms with van der Waals surface area (Å²) in [4.78, 5) is 20.7. The highest BCUT2D eigenvalue weighted by molar-refractivity contribution is 7.13. The van der Waals surface area contributed by atoms with E-state index in [4.69, 9.17) is 4.74 Å². The van der Waals surface area contributed by atoms with Crippen LogP contribution in [0.3, 0.4) is 0 Å². The lowest BCUT2D eigenvalue weighted by atomic mass is 10.2. The Hall–Kier alpha value is -2.95. The van der Waals surface area contributed by atoms with E-state index in [0.717, 1.165) is 23.5 Å². The van der Waals surface area contributed by atoms with Gasteiger partial charge in [0.15, 0.2) is 0 Å². The normalized spacial score (nSPS) is 18.4. The van der Waals surface area contributed by atoms with Gasteiger partial charge < -0.3 is 20.5 Å². The average molecular weight is 432 g/mol. The van der Waals surface area contributed by atoms with Crippen LogP contribution in [-0.2, 0) is 0 Å². The number of halogens is 2. The molecule has 1 fully saturated rings. The van der Waals surface area contributed by atoms with Gasteiger partial charge in [0.25, 0.3) is 5.91 Å². The molecular formula is C20H18F2N4O3S. The Kier molecular flexibility index (Phi) is 5.98. The molecule has 0 saturated carbocycles. The van der Waals surface area contributed by atoms with E-state index in [-0.39, 0.29) is 35.0 Å². The zero-order valence-corrected chi connectivity index (χ0v) is 16.5. The van der Waals surface area contributed by atoms with Gasteiger partial charge in [-0.05, 0) is 12.1 Å². The number of ether oxygens (including phenoxy) is 1. The van der Waals surface area contributed by atoms with Crippen LogP contribution in [0.25, 0.3) is 10.6 Å². The fourth-order valence-corrected chi connectivity index (χ4v) is 4.00. The van der Waals surface area contributed by atoms with Crippen molar-refractivity contribution < 1.29 is 23.4 Å². The Morgan fingerprint density at radius 2 is 2.13 bits per heavy atom. The van der Waals surface area contributed by atoms with E-state index in [2.05, 4.69) is 20.6 Å². The topological polar surface area (TPSA) is 96.4 Å². The maximum atomic E-state index is 14.0. The van der Waals surface area contributed by atoms with Gasteiger partial charge in [-0.1, -0.05) is 6.07 Å². The predicted octanol–water partition coefficient (Wildman–Crippen LogP) is 2.84. The molecule has 10 heteroatoms. The Morgan fingerprint density at radius 1 is 1.33 bits per heavy atom. The van der Waals surface area contributed by atoms with Gasteiger partial charge in [0.1, 0.15) is 39.9 Å². The van der Waals surface area contributed by atoms with E-state index in [1.807, 2.05) is 0 Å². The smallest absolute Gasteiger partial charge is 0.275 e. The number of amides is 1. The predicted molar refractivity (Wildman–Crippen MR) is 108 cm³/mol. The monoisotopic (exact) mass is 432 g/mol. The van der Waals surface area contributed by atoms with Crippen molar-refractivity contribution in [1.82, 2.24) is 15.3 Å². The van der Waals surface area contributed by atoms with Gasteiger partial charge in [0.2, 0.25) is 0 Å². The molecule has 0 aliphatic carbocycles. The molecule has 1 aliphatic heterocycles. The molecule has 1 amide bonds. The van der Waals surface area contributed by atoms with E-state index >= 15 is 0 Å². The van der Waals surface area contributed by atoms with E-state index < -0.39 is 17.5 Å². The number of aliphatic hydroxyl groups is 1. The number of nitrogens with one attached hydrogen (secondary N) is 2. The van der Waals surface area contributed by atoms with Crippen molar-refractivity contribution in [1.29, 1.82) is 0 Å². The molecule has 4 rings (SSSR count). The van der Waals surface area contributed by atoms with Crippen LogP contribution < -0.4 is 15.4 Å². The summed E-state index contributed by atoms with van der Waals surface area (Å²) >= 11 is 0.972. The van der Waals surface area contributed by atoms with E-state index in [1.54, 1.807) is 12.3 Å². The summed E-state index contributed by atoms with van der Waals surface area (Å²) in [5.74, 6) is -1.61. The number of aliphatic hydroxyl groups excluding tert-OH is 1. The SMILES string of the molecule is O=C(Nc1cnccc1O[C@@H]1CN[C@@H](CO)C1)c1csc(-c2c(F)cccc2F)n1. The fourth-order valence-electron chi connectivity index (χ4n) is 3.15. The quantitative estimate of drug-likeness (QED) is 0.554. The number of rotatable bonds is 6. The number of aromatic nitrogens is 2. The third-order valence-corrected chi connectivity index (χ3v) is 5.50. The van der Waals surface area contributed by atoms with Crippen LogP contribution in [-0.4, -0.2) is 46.3 Å². The molecule has 3 heterocycles. The van der Waals surface area contributed by atoms with E-state index in [0.29, 0.717) is 24.4 Å². The molecule has 1 aliphatic rings. The number of anilines is 1. The second-order valence-corrected chi connectivity index (χ2v) is 7.58. The number of nitrogens with zero attached hydrogens (tertiary/aromatic N) is 2. The van der Waals surface area contributed by atoms with E-state index in [9.17, 15) is 18.7 Å². The van der Waals surface area contributed by atoms with Crippen LogP contribution in [0.5, 0.6) is 5.75 Å². The summed E-state index contributed by atoms with van der Waals surface area (Å²) < 4.78 is 33.9. The molecule has 2 aromatic heterocycles. The molecule has 3 N–H and O–H groups in total. The molecule has 0 bridgehead atoms. The first-order valence-electron chi connectivity index (χ1n) is 9.21. The number of benzene rings is 1. The van der Waals surface area contributed by atoms with Crippen LogP contribution in [0, 0.1) is 11.6 Å². The Bertz CT molecular complexity index is 1040. The van der Waals surface area contributed by atoms with Crippen molar-refractivity contribution in [2.24, 2.45) is 0 Å². The standard InChI is InChI=1S/C20H18F2N4O3S/c21-13-2-1-3-14(22)18(13)20-26-16(10-30-20)19(28)25-15-8-23-5-4-17(15)29-12-6-11(9-27)24-7-12/h1-5,8,10-12,24,27H,6-7,9H2,(H,25,28)/t11-,12+/m1/s1. The van der Waals surface area contributed by atoms with Gasteiger partial charge in [-0.25, -0.2) is 13.8 Å². The van der Waals surface area contributed by atoms with Gasteiger partial charge in [0.05, 0.1) is 18.4 Å². The number of hydrogen-bond donors (Lipinski definition) is 3. The minimum atomic E-state index is -0.745. The van der Waals surface area contributed by atoms with Crippen molar-refractivity contribution in [2.45, 2.75) is 18.6 Å². The molecule has 156 valence electrons. The Labute approximate surface area is 174 Å². The van der Waals surface area contributed by atoms with Gasteiger partial charge in [-0.2, -0.15) is 0 Å². The molecule has 0 spiro atoms. The first-order chi connectivity index (χ1) is 14.5. The summed E-state index contributed by atoms with van der Waals surface area (Å²) in [6.07, 6.45) is 3.47. The summed E-state index contributed by atoms with van der Waals surface area (Å²) in [6, 6.07) is 5.14. The summed E-state index contributed by atoms with van der Waals surface area (Å²) in [7, 11) is 0. The van der Waals surface area contributed by atoms with Crippen LogP contribution in [0.1, 0.15) is 16.9 Å². The van der Waals surface area contributed by atoms with E-state index in [1.165, 1.54) is 17.6 Å². The van der Waals surface area contributed by atoms with Gasteiger partial charge in [0, 0.05) is 36.7 Å². The third-order valence-electron chi connectivity index (χ3n) is 4.64. The molecule has 1 aromatic carbocycles. The van der Waals surface area contributed by atoms with Crippen molar-refractivity contribution in [3.8, 4) is 16.3 Å². The van der Waals surface area contributed by atoms with Crippen LogP contribution in [0.4, 0.5) is 14.5 Å². The van der Waals surface area contributed by atoms with Gasteiger partial charge >= 0.3 is 0 Å². The number of pyridine rings is 1. The summed E-state index contributed by atoms with van der Waals surface area (Å²) in [5.41, 5.74) is 0.107. The molecule has 7 nitrogen and oxygen atoms in total. The van der Waals surface area contributed by atoms with Gasteiger partial charge in [-0.3, -0.25) is 9.78 Å². The minimum absolute atomic E-state index is 0.0224. The molecular weight excluding hydrogens is 414 g/mol. The zero-order chi connectivity index (χ0) is 21.1. The molecule has 30 heavy (non-hydrogen) atoms. The minimum Gasteiger partial charge on any atom is -0.487 e. The highest BCUT2D eigenvalue weighted by Gasteiger charge is 2.26. The second-order valence-electron chi connectivity index (χ2n) is 6.72. The second kappa shape index (κ2) is 8.82. The fraction of sp³-hybridized carbons (Fsp3) is 0.250. The highest BCUT2D eigenvalue weighted by atomic mass is 32.1. The zero-order valence-electron chi connectivity index (χ0n) is 15.6. The van der Waals surface area contributed by atoms with Gasteiger partial charge in [-0.15, -0.1) is 11.3 Å². The molecule has 0 radical (unpaired) electrons. The lowest BCUT2D eigenvalue weighted by Gasteiger charge is -2.16. The first-order valence-corrected chi connectivity index (χ1v) is 10.1. The lowest BCUT2D eigenvalue weighted by Crippen LogP contribution is -2.25. The number of hydrogen-bond acceptors (Lipinski definition) is 7.